The Bertz CT molecular complexity index is 1450. The number of ether oxygens (including phenoxy) is 1. The molecule has 3 aromatic carbocycles. The van der Waals surface area contributed by atoms with Crippen molar-refractivity contribution in [2.24, 2.45) is 0 Å². The SMILES string of the molecule is CCOC(=O)c1ccc(N2C(=O)C(Cl)=C(Nc3cccc(C(=O)Nc4ccc(Cl)c(Cl)c4)c3)C2=O)cc1. The second kappa shape index (κ2) is 11.0. The van der Waals surface area contributed by atoms with Crippen molar-refractivity contribution in [2.45, 2.75) is 6.92 Å². The monoisotopic (exact) mass is 557 g/mol. The van der Waals surface area contributed by atoms with Crippen LogP contribution >= 0.6 is 34.8 Å². The fourth-order valence-electron chi connectivity index (χ4n) is 3.47. The van der Waals surface area contributed by atoms with Gasteiger partial charge in [0.1, 0.15) is 10.7 Å². The zero-order chi connectivity index (χ0) is 26.7. The summed E-state index contributed by atoms with van der Waals surface area (Å²) < 4.78 is 4.94. The molecule has 8 nitrogen and oxygen atoms in total. The molecule has 0 radical (unpaired) electrons. The summed E-state index contributed by atoms with van der Waals surface area (Å²) in [6.45, 7) is 1.91. The second-order valence-corrected chi connectivity index (χ2v) is 8.88. The molecule has 188 valence electrons. The number of carbonyl (C=O) groups is 4. The first kappa shape index (κ1) is 26.2. The summed E-state index contributed by atoms with van der Waals surface area (Å²) in [7, 11) is 0. The van der Waals surface area contributed by atoms with Gasteiger partial charge in [0, 0.05) is 16.9 Å². The lowest BCUT2D eigenvalue weighted by Gasteiger charge is -2.15. The van der Waals surface area contributed by atoms with E-state index in [2.05, 4.69) is 10.6 Å². The van der Waals surface area contributed by atoms with E-state index in [1.54, 1.807) is 37.3 Å². The van der Waals surface area contributed by atoms with Crippen LogP contribution < -0.4 is 15.5 Å². The number of benzene rings is 3. The Kier molecular flexibility index (Phi) is 7.83. The van der Waals surface area contributed by atoms with Crippen molar-refractivity contribution in [1.82, 2.24) is 0 Å². The Hall–Kier alpha value is -3.85. The number of carbonyl (C=O) groups excluding carboxylic acids is 4. The molecule has 0 spiro atoms. The molecule has 0 saturated carbocycles. The zero-order valence-corrected chi connectivity index (χ0v) is 21.4. The molecular weight excluding hydrogens is 541 g/mol. The van der Waals surface area contributed by atoms with Crippen LogP contribution in [0.15, 0.2) is 77.5 Å². The molecule has 11 heteroatoms. The van der Waals surface area contributed by atoms with Crippen LogP contribution in [0, 0.1) is 0 Å². The molecule has 1 heterocycles. The second-order valence-electron chi connectivity index (χ2n) is 7.69. The normalized spacial score (nSPS) is 13.1. The molecule has 0 aliphatic carbocycles. The van der Waals surface area contributed by atoms with Crippen molar-refractivity contribution in [3.05, 3.63) is 98.6 Å². The number of imide groups is 1. The molecule has 0 fully saturated rings. The average Bonchev–Trinajstić information content (AvgIpc) is 3.09. The molecule has 0 bridgehead atoms. The van der Waals surface area contributed by atoms with Gasteiger partial charge in [-0.15, -0.1) is 0 Å². The Morgan fingerprint density at radius 1 is 0.838 bits per heavy atom. The summed E-state index contributed by atoms with van der Waals surface area (Å²) >= 11 is 18.1. The van der Waals surface area contributed by atoms with Crippen molar-refractivity contribution >= 4 is 75.6 Å². The van der Waals surface area contributed by atoms with Crippen LogP contribution in [0.5, 0.6) is 0 Å². The van der Waals surface area contributed by atoms with Gasteiger partial charge in [-0.3, -0.25) is 14.4 Å². The van der Waals surface area contributed by atoms with E-state index in [-0.39, 0.29) is 34.2 Å². The number of hydrogen-bond acceptors (Lipinski definition) is 6. The van der Waals surface area contributed by atoms with E-state index in [1.165, 1.54) is 36.4 Å². The van der Waals surface area contributed by atoms with Gasteiger partial charge in [0.05, 0.1) is 27.9 Å². The third-order valence-electron chi connectivity index (χ3n) is 5.24. The molecule has 4 rings (SSSR count). The molecule has 0 saturated heterocycles. The summed E-state index contributed by atoms with van der Waals surface area (Å²) in [5, 5.41) is 5.88. The van der Waals surface area contributed by atoms with Crippen LogP contribution in [0.2, 0.25) is 10.0 Å². The highest BCUT2D eigenvalue weighted by Crippen LogP contribution is 2.31. The third kappa shape index (κ3) is 5.61. The quantitative estimate of drug-likeness (QED) is 0.278. The first-order chi connectivity index (χ1) is 17.7. The highest BCUT2D eigenvalue weighted by Gasteiger charge is 2.39. The van der Waals surface area contributed by atoms with Crippen LogP contribution in [0.1, 0.15) is 27.6 Å². The smallest absolute Gasteiger partial charge is 0.338 e. The lowest BCUT2D eigenvalue weighted by Crippen LogP contribution is -2.32. The maximum atomic E-state index is 13.1. The van der Waals surface area contributed by atoms with E-state index in [4.69, 9.17) is 39.5 Å². The van der Waals surface area contributed by atoms with Crippen molar-refractivity contribution in [3.8, 4) is 0 Å². The maximum absolute atomic E-state index is 13.1. The van der Waals surface area contributed by atoms with E-state index >= 15 is 0 Å². The number of nitrogens with zero attached hydrogens (tertiary/aromatic N) is 1. The van der Waals surface area contributed by atoms with Gasteiger partial charge in [0.25, 0.3) is 17.7 Å². The number of hydrogen-bond donors (Lipinski definition) is 2. The topological polar surface area (TPSA) is 105 Å². The van der Waals surface area contributed by atoms with E-state index in [9.17, 15) is 19.2 Å². The van der Waals surface area contributed by atoms with Crippen LogP contribution in [-0.4, -0.2) is 30.3 Å². The summed E-state index contributed by atoms with van der Waals surface area (Å²) in [5.74, 6) is -2.37. The standard InChI is InChI=1S/C26H18Cl3N3O5/c1-2-37-26(36)14-6-9-18(10-7-14)32-24(34)21(29)22(25(32)35)30-16-5-3-4-15(12-16)23(33)31-17-8-11-19(27)20(28)13-17/h3-13,30H,2H2,1H3,(H,31,33). The van der Waals surface area contributed by atoms with Gasteiger partial charge in [-0.05, 0) is 67.6 Å². The summed E-state index contributed by atoms with van der Waals surface area (Å²) in [6.07, 6.45) is 0. The summed E-state index contributed by atoms with van der Waals surface area (Å²) in [4.78, 5) is 51.3. The molecule has 2 N–H and O–H groups in total. The molecule has 1 aliphatic heterocycles. The van der Waals surface area contributed by atoms with E-state index < -0.39 is 23.7 Å². The minimum Gasteiger partial charge on any atom is -0.462 e. The Labute approximate surface area is 226 Å². The van der Waals surface area contributed by atoms with Gasteiger partial charge >= 0.3 is 5.97 Å². The lowest BCUT2D eigenvalue weighted by molar-refractivity contribution is -0.120. The van der Waals surface area contributed by atoms with E-state index in [0.29, 0.717) is 21.4 Å². The van der Waals surface area contributed by atoms with E-state index in [0.717, 1.165) is 4.90 Å². The van der Waals surface area contributed by atoms with Crippen molar-refractivity contribution < 1.29 is 23.9 Å². The first-order valence-corrected chi connectivity index (χ1v) is 12.0. The predicted molar refractivity (Wildman–Crippen MR) is 142 cm³/mol. The molecule has 1 aliphatic rings. The van der Waals surface area contributed by atoms with Gasteiger partial charge in [0.2, 0.25) is 0 Å². The highest BCUT2D eigenvalue weighted by molar-refractivity contribution is 6.53. The van der Waals surface area contributed by atoms with E-state index in [1.807, 2.05) is 0 Å². The molecule has 0 unspecified atom stereocenters. The minimum atomic E-state index is -0.730. The molecule has 3 aromatic rings. The molecule has 0 aromatic heterocycles. The highest BCUT2D eigenvalue weighted by atomic mass is 35.5. The fraction of sp³-hybridized carbons (Fsp3) is 0.0769. The van der Waals surface area contributed by atoms with Crippen molar-refractivity contribution in [3.63, 3.8) is 0 Å². The number of anilines is 3. The number of halogens is 3. The lowest BCUT2D eigenvalue weighted by atomic mass is 10.1. The van der Waals surface area contributed by atoms with Crippen molar-refractivity contribution in [1.29, 1.82) is 0 Å². The molecule has 37 heavy (non-hydrogen) atoms. The number of rotatable bonds is 7. The van der Waals surface area contributed by atoms with Crippen LogP contribution in [-0.2, 0) is 14.3 Å². The fourth-order valence-corrected chi connectivity index (χ4v) is 3.98. The summed E-state index contributed by atoms with van der Waals surface area (Å²) in [6, 6.07) is 16.8. The van der Waals surface area contributed by atoms with Crippen LogP contribution in [0.3, 0.4) is 0 Å². The number of amides is 3. The molecule has 3 amide bonds. The van der Waals surface area contributed by atoms with Crippen molar-refractivity contribution in [2.75, 3.05) is 22.1 Å². The molecule has 0 atom stereocenters. The molecular formula is C26H18Cl3N3O5. The van der Waals surface area contributed by atoms with Crippen LogP contribution in [0.4, 0.5) is 17.1 Å². The third-order valence-corrected chi connectivity index (χ3v) is 6.33. The number of nitrogens with one attached hydrogen (secondary N) is 2. The summed E-state index contributed by atoms with van der Waals surface area (Å²) in [5.41, 5.74) is 1.44. The Morgan fingerprint density at radius 3 is 2.24 bits per heavy atom. The van der Waals surface area contributed by atoms with Crippen LogP contribution in [0.25, 0.3) is 0 Å². The maximum Gasteiger partial charge on any atom is 0.338 e. The largest absolute Gasteiger partial charge is 0.462 e. The Balaban J connectivity index is 1.50. The predicted octanol–water partition coefficient (Wildman–Crippen LogP) is 5.86. The van der Waals surface area contributed by atoms with Gasteiger partial charge in [0.15, 0.2) is 0 Å². The zero-order valence-electron chi connectivity index (χ0n) is 19.2. The Morgan fingerprint density at radius 2 is 1.57 bits per heavy atom. The average molecular weight is 559 g/mol. The minimum absolute atomic E-state index is 0.150. The van der Waals surface area contributed by atoms with Gasteiger partial charge in [-0.1, -0.05) is 40.9 Å². The van der Waals surface area contributed by atoms with Gasteiger partial charge < -0.3 is 15.4 Å². The van der Waals surface area contributed by atoms with Gasteiger partial charge in [-0.2, -0.15) is 0 Å². The number of esters is 1. The first-order valence-electron chi connectivity index (χ1n) is 10.9. The van der Waals surface area contributed by atoms with Gasteiger partial charge in [-0.25, -0.2) is 9.69 Å².